The highest BCUT2D eigenvalue weighted by atomic mass is 15.1. The lowest BCUT2D eigenvalue weighted by Gasteiger charge is -1.99. The molecule has 84 valence electrons. The van der Waals surface area contributed by atoms with E-state index in [0.29, 0.717) is 0 Å². The van der Waals surface area contributed by atoms with E-state index in [0.717, 1.165) is 17.1 Å². The second-order valence-electron chi connectivity index (χ2n) is 3.43. The molecule has 2 aromatic rings. The molecule has 0 amide bonds. The SMILES string of the molecule is C=CNc1ccc(N=Nc2ccccc2)cc1. The molecule has 0 radical (unpaired) electrons. The van der Waals surface area contributed by atoms with E-state index in [2.05, 4.69) is 22.1 Å². The number of hydrogen-bond acceptors (Lipinski definition) is 3. The molecule has 3 heteroatoms. The lowest BCUT2D eigenvalue weighted by molar-refractivity contribution is 1.23. The van der Waals surface area contributed by atoms with Crippen molar-refractivity contribution in [3.05, 3.63) is 67.4 Å². The van der Waals surface area contributed by atoms with Gasteiger partial charge < -0.3 is 5.32 Å². The summed E-state index contributed by atoms with van der Waals surface area (Å²) < 4.78 is 0. The van der Waals surface area contributed by atoms with Gasteiger partial charge in [0, 0.05) is 5.69 Å². The molecular formula is C14H13N3. The summed E-state index contributed by atoms with van der Waals surface area (Å²) in [6.45, 7) is 3.60. The number of anilines is 1. The number of nitrogens with one attached hydrogen (secondary N) is 1. The molecule has 0 bridgehead atoms. The molecular weight excluding hydrogens is 210 g/mol. The van der Waals surface area contributed by atoms with Crippen molar-refractivity contribution in [3.8, 4) is 0 Å². The molecule has 2 rings (SSSR count). The van der Waals surface area contributed by atoms with Gasteiger partial charge in [0.05, 0.1) is 11.4 Å². The molecule has 0 saturated carbocycles. The van der Waals surface area contributed by atoms with Crippen molar-refractivity contribution >= 4 is 17.1 Å². The molecule has 0 aliphatic rings. The molecule has 0 aliphatic carbocycles. The third kappa shape index (κ3) is 3.28. The lowest BCUT2D eigenvalue weighted by Crippen LogP contribution is -1.83. The van der Waals surface area contributed by atoms with E-state index < -0.39 is 0 Å². The Balaban J connectivity index is 2.08. The molecule has 0 saturated heterocycles. The van der Waals surface area contributed by atoms with Crippen LogP contribution < -0.4 is 5.32 Å². The number of benzene rings is 2. The van der Waals surface area contributed by atoms with Gasteiger partial charge in [0.15, 0.2) is 0 Å². The van der Waals surface area contributed by atoms with Crippen LogP contribution in [0.15, 0.2) is 77.6 Å². The minimum atomic E-state index is 0.823. The molecule has 0 spiro atoms. The maximum absolute atomic E-state index is 4.15. The van der Waals surface area contributed by atoms with Crippen LogP contribution in [-0.4, -0.2) is 0 Å². The van der Waals surface area contributed by atoms with Gasteiger partial charge in [0.25, 0.3) is 0 Å². The molecule has 0 fully saturated rings. The minimum Gasteiger partial charge on any atom is -0.362 e. The molecule has 0 aliphatic heterocycles. The first kappa shape index (κ1) is 11.1. The van der Waals surface area contributed by atoms with Gasteiger partial charge in [-0.2, -0.15) is 10.2 Å². The zero-order valence-corrected chi connectivity index (χ0v) is 9.38. The van der Waals surface area contributed by atoms with E-state index >= 15 is 0 Å². The first-order chi connectivity index (χ1) is 8.38. The summed E-state index contributed by atoms with van der Waals surface area (Å²) in [6.07, 6.45) is 1.64. The molecule has 2 aromatic carbocycles. The van der Waals surface area contributed by atoms with Crippen molar-refractivity contribution in [2.75, 3.05) is 5.32 Å². The fourth-order valence-electron chi connectivity index (χ4n) is 1.35. The number of hydrogen-bond donors (Lipinski definition) is 1. The van der Waals surface area contributed by atoms with Crippen LogP contribution in [0.25, 0.3) is 0 Å². The average Bonchev–Trinajstić information content (AvgIpc) is 2.40. The summed E-state index contributed by atoms with van der Waals surface area (Å²) in [6, 6.07) is 17.3. The smallest absolute Gasteiger partial charge is 0.0858 e. The first-order valence-corrected chi connectivity index (χ1v) is 5.33. The maximum atomic E-state index is 4.15. The minimum absolute atomic E-state index is 0.823. The predicted molar refractivity (Wildman–Crippen MR) is 70.9 cm³/mol. The van der Waals surface area contributed by atoms with E-state index in [1.807, 2.05) is 54.6 Å². The zero-order valence-electron chi connectivity index (χ0n) is 9.38. The lowest BCUT2D eigenvalue weighted by atomic mass is 10.3. The number of azo groups is 1. The summed E-state index contributed by atoms with van der Waals surface area (Å²) in [4.78, 5) is 0. The fraction of sp³-hybridized carbons (Fsp3) is 0. The van der Waals surface area contributed by atoms with E-state index in [-0.39, 0.29) is 0 Å². The molecule has 17 heavy (non-hydrogen) atoms. The summed E-state index contributed by atoms with van der Waals surface area (Å²) in [5, 5.41) is 11.3. The normalized spacial score (nSPS) is 10.4. The van der Waals surface area contributed by atoms with Crippen molar-refractivity contribution in [1.29, 1.82) is 0 Å². The largest absolute Gasteiger partial charge is 0.362 e. The molecule has 1 N–H and O–H groups in total. The third-order valence-corrected chi connectivity index (χ3v) is 2.17. The number of rotatable bonds is 4. The highest BCUT2D eigenvalue weighted by molar-refractivity contribution is 5.52. The van der Waals surface area contributed by atoms with Crippen LogP contribution >= 0.6 is 0 Å². The Bertz CT molecular complexity index is 501. The van der Waals surface area contributed by atoms with E-state index in [4.69, 9.17) is 0 Å². The monoisotopic (exact) mass is 223 g/mol. The Hall–Kier alpha value is -2.42. The quantitative estimate of drug-likeness (QED) is 0.752. The molecule has 0 heterocycles. The topological polar surface area (TPSA) is 36.8 Å². The fourth-order valence-corrected chi connectivity index (χ4v) is 1.35. The summed E-state index contributed by atoms with van der Waals surface area (Å²) in [5.74, 6) is 0. The maximum Gasteiger partial charge on any atom is 0.0858 e. The summed E-state index contributed by atoms with van der Waals surface area (Å²) in [7, 11) is 0. The van der Waals surface area contributed by atoms with Gasteiger partial charge in [-0.1, -0.05) is 24.8 Å². The molecule has 3 nitrogen and oxygen atoms in total. The van der Waals surface area contributed by atoms with Crippen LogP contribution in [0.1, 0.15) is 0 Å². The first-order valence-electron chi connectivity index (χ1n) is 5.33. The Morgan fingerprint density at radius 2 is 1.41 bits per heavy atom. The van der Waals surface area contributed by atoms with Crippen molar-refractivity contribution < 1.29 is 0 Å². The Kier molecular flexibility index (Phi) is 3.65. The highest BCUT2D eigenvalue weighted by Crippen LogP contribution is 2.19. The molecule has 0 unspecified atom stereocenters. The summed E-state index contributed by atoms with van der Waals surface area (Å²) >= 11 is 0. The van der Waals surface area contributed by atoms with Crippen LogP contribution in [0.4, 0.5) is 17.1 Å². The Morgan fingerprint density at radius 1 is 0.824 bits per heavy atom. The van der Waals surface area contributed by atoms with E-state index in [9.17, 15) is 0 Å². The second-order valence-corrected chi connectivity index (χ2v) is 3.43. The molecule has 0 atom stereocenters. The predicted octanol–water partition coefficient (Wildman–Crippen LogP) is 4.66. The van der Waals surface area contributed by atoms with E-state index in [1.54, 1.807) is 6.20 Å². The van der Waals surface area contributed by atoms with Crippen molar-refractivity contribution in [2.45, 2.75) is 0 Å². The Morgan fingerprint density at radius 3 is 2.00 bits per heavy atom. The average molecular weight is 223 g/mol. The van der Waals surface area contributed by atoms with Crippen molar-refractivity contribution in [2.24, 2.45) is 10.2 Å². The standard InChI is InChI=1S/C14H13N3/c1-2-15-12-8-10-14(11-9-12)17-16-13-6-4-3-5-7-13/h2-11,15H,1H2. The van der Waals surface area contributed by atoms with E-state index in [1.165, 1.54) is 0 Å². The van der Waals surface area contributed by atoms with Gasteiger partial charge in [-0.25, -0.2) is 0 Å². The molecule has 0 aromatic heterocycles. The van der Waals surface area contributed by atoms with Crippen LogP contribution in [0.5, 0.6) is 0 Å². The van der Waals surface area contributed by atoms with Gasteiger partial charge >= 0.3 is 0 Å². The van der Waals surface area contributed by atoms with Crippen LogP contribution in [0.3, 0.4) is 0 Å². The number of nitrogens with zero attached hydrogens (tertiary/aromatic N) is 2. The van der Waals surface area contributed by atoms with Gasteiger partial charge in [0.1, 0.15) is 0 Å². The van der Waals surface area contributed by atoms with Crippen LogP contribution in [0.2, 0.25) is 0 Å². The van der Waals surface area contributed by atoms with Gasteiger partial charge in [-0.3, -0.25) is 0 Å². The van der Waals surface area contributed by atoms with Crippen molar-refractivity contribution in [3.63, 3.8) is 0 Å². The van der Waals surface area contributed by atoms with Gasteiger partial charge in [-0.05, 0) is 42.6 Å². The van der Waals surface area contributed by atoms with Crippen LogP contribution in [-0.2, 0) is 0 Å². The Labute approximate surface area is 101 Å². The van der Waals surface area contributed by atoms with Crippen molar-refractivity contribution in [1.82, 2.24) is 0 Å². The third-order valence-electron chi connectivity index (χ3n) is 2.17. The van der Waals surface area contributed by atoms with Gasteiger partial charge in [0.2, 0.25) is 0 Å². The van der Waals surface area contributed by atoms with Gasteiger partial charge in [-0.15, -0.1) is 0 Å². The zero-order chi connectivity index (χ0) is 11.9. The second kappa shape index (κ2) is 5.61. The highest BCUT2D eigenvalue weighted by Gasteiger charge is 1.91. The van der Waals surface area contributed by atoms with Crippen LogP contribution in [0, 0.1) is 0 Å². The summed E-state index contributed by atoms with van der Waals surface area (Å²) in [5.41, 5.74) is 2.66.